The van der Waals surface area contributed by atoms with Crippen LogP contribution in [-0.2, 0) is 7.05 Å². The zero-order valence-electron chi connectivity index (χ0n) is 5.41. The molecule has 0 aromatic carbocycles. The van der Waals surface area contributed by atoms with Crippen LogP contribution < -0.4 is 0 Å². The quantitative estimate of drug-likeness (QED) is 0.459. The number of carbonyl (C=O) groups excluding carboxylic acids is 1. The van der Waals surface area contributed by atoms with E-state index in [1.807, 2.05) is 0 Å². The van der Waals surface area contributed by atoms with Crippen molar-refractivity contribution in [2.75, 3.05) is 5.88 Å². The molecule has 5 heteroatoms. The summed E-state index contributed by atoms with van der Waals surface area (Å²) in [7, 11) is 1.64. The lowest BCUT2D eigenvalue weighted by atomic mass is 10.3. The number of ketones is 1. The molecule has 0 bridgehead atoms. The molecule has 1 aromatic rings. The van der Waals surface area contributed by atoms with Crippen molar-refractivity contribution >= 4 is 17.4 Å². The minimum absolute atomic E-state index is 0.0430. The van der Waals surface area contributed by atoms with Gasteiger partial charge in [-0.25, -0.2) is 0 Å². The molecule has 0 atom stereocenters. The monoisotopic (exact) mass is 159 g/mol. The molecule has 1 aromatic heterocycles. The summed E-state index contributed by atoms with van der Waals surface area (Å²) in [5.41, 5.74) is 0.317. The Labute approximate surface area is 62.8 Å². The van der Waals surface area contributed by atoms with E-state index in [0.29, 0.717) is 5.69 Å². The average Bonchev–Trinajstić information content (AvgIpc) is 2.34. The molecule has 1 heterocycles. The predicted octanol–water partition coefficient (Wildman–Crippen LogP) is 0.237. The third-order valence-corrected chi connectivity index (χ3v) is 1.25. The Balaban J connectivity index is 2.85. The van der Waals surface area contributed by atoms with Crippen molar-refractivity contribution in [3.8, 4) is 0 Å². The number of aromatic nitrogens is 3. The third-order valence-electron chi connectivity index (χ3n) is 1.01. The van der Waals surface area contributed by atoms with Crippen LogP contribution in [0.4, 0.5) is 0 Å². The highest BCUT2D eigenvalue weighted by molar-refractivity contribution is 6.30. The molecule has 0 radical (unpaired) electrons. The Hall–Kier alpha value is -0.900. The van der Waals surface area contributed by atoms with E-state index in [4.69, 9.17) is 11.6 Å². The van der Waals surface area contributed by atoms with E-state index in [1.54, 1.807) is 7.05 Å². The van der Waals surface area contributed by atoms with Crippen LogP contribution in [0.3, 0.4) is 0 Å². The van der Waals surface area contributed by atoms with Gasteiger partial charge >= 0.3 is 0 Å². The lowest BCUT2D eigenvalue weighted by Gasteiger charge is -1.84. The molecule has 0 spiro atoms. The molecule has 54 valence electrons. The van der Waals surface area contributed by atoms with E-state index in [1.165, 1.54) is 11.0 Å². The maximum Gasteiger partial charge on any atom is 0.199 e. The SMILES string of the molecule is Cn1ncc(C(=O)CCl)n1. The van der Waals surface area contributed by atoms with Gasteiger partial charge in [0.15, 0.2) is 5.78 Å². The highest BCUT2D eigenvalue weighted by atomic mass is 35.5. The van der Waals surface area contributed by atoms with Crippen LogP contribution in [0.15, 0.2) is 6.20 Å². The number of nitrogens with zero attached hydrogens (tertiary/aromatic N) is 3. The Kier molecular flexibility index (Phi) is 2.01. The number of Topliss-reactive ketones (excluding diaryl/α,β-unsaturated/α-hetero) is 1. The van der Waals surface area contributed by atoms with Crippen molar-refractivity contribution in [2.45, 2.75) is 0 Å². The van der Waals surface area contributed by atoms with Crippen molar-refractivity contribution < 1.29 is 4.79 Å². The van der Waals surface area contributed by atoms with Crippen LogP contribution in [0.5, 0.6) is 0 Å². The molecule has 4 nitrogen and oxygen atoms in total. The van der Waals surface area contributed by atoms with Crippen LogP contribution in [0.1, 0.15) is 10.5 Å². The molecule has 0 aliphatic rings. The topological polar surface area (TPSA) is 47.8 Å². The Morgan fingerprint density at radius 1 is 1.90 bits per heavy atom. The first-order chi connectivity index (χ1) is 4.74. The lowest BCUT2D eigenvalue weighted by molar-refractivity contribution is 0.101. The molecule has 1 rings (SSSR count). The molecule has 0 saturated heterocycles. The van der Waals surface area contributed by atoms with Gasteiger partial charge in [0.1, 0.15) is 5.69 Å². The zero-order valence-corrected chi connectivity index (χ0v) is 6.17. The van der Waals surface area contributed by atoms with Crippen LogP contribution in [0, 0.1) is 0 Å². The van der Waals surface area contributed by atoms with Gasteiger partial charge < -0.3 is 0 Å². The molecule has 0 N–H and O–H groups in total. The summed E-state index contributed by atoms with van der Waals surface area (Å²) in [5, 5.41) is 7.46. The highest BCUT2D eigenvalue weighted by Gasteiger charge is 2.06. The van der Waals surface area contributed by atoms with E-state index >= 15 is 0 Å². The second kappa shape index (κ2) is 2.79. The van der Waals surface area contributed by atoms with E-state index in [9.17, 15) is 4.79 Å². The summed E-state index contributed by atoms with van der Waals surface area (Å²) in [5.74, 6) is -0.242. The Morgan fingerprint density at radius 3 is 3.00 bits per heavy atom. The normalized spacial score (nSPS) is 9.80. The van der Waals surface area contributed by atoms with Gasteiger partial charge in [0, 0.05) is 7.05 Å². The number of hydrogen-bond donors (Lipinski definition) is 0. The van der Waals surface area contributed by atoms with E-state index in [0.717, 1.165) is 0 Å². The fourth-order valence-electron chi connectivity index (χ4n) is 0.542. The van der Waals surface area contributed by atoms with Crippen LogP contribution in [-0.4, -0.2) is 26.7 Å². The van der Waals surface area contributed by atoms with Crippen molar-refractivity contribution in [1.82, 2.24) is 15.0 Å². The standard InChI is InChI=1S/C5H6ClN3O/c1-9-7-3-4(8-9)5(10)2-6/h3H,2H2,1H3. The van der Waals surface area contributed by atoms with Gasteiger partial charge in [-0.2, -0.15) is 15.0 Å². The second-order valence-electron chi connectivity index (χ2n) is 1.78. The van der Waals surface area contributed by atoms with Crippen molar-refractivity contribution in [3.63, 3.8) is 0 Å². The summed E-state index contributed by atoms with van der Waals surface area (Å²) in [6, 6.07) is 0. The molecule has 0 aliphatic heterocycles. The van der Waals surface area contributed by atoms with E-state index < -0.39 is 0 Å². The zero-order chi connectivity index (χ0) is 7.56. The highest BCUT2D eigenvalue weighted by Crippen LogP contribution is 1.93. The van der Waals surface area contributed by atoms with Crippen molar-refractivity contribution in [3.05, 3.63) is 11.9 Å². The summed E-state index contributed by atoms with van der Waals surface area (Å²) < 4.78 is 0. The van der Waals surface area contributed by atoms with E-state index in [2.05, 4.69) is 10.2 Å². The number of carbonyl (C=O) groups is 1. The first-order valence-electron chi connectivity index (χ1n) is 2.69. The minimum Gasteiger partial charge on any atom is -0.291 e. The molecular formula is C5H6ClN3O. The molecule has 0 aliphatic carbocycles. The van der Waals surface area contributed by atoms with Gasteiger partial charge in [-0.3, -0.25) is 4.79 Å². The number of alkyl halides is 1. The minimum atomic E-state index is -0.199. The Morgan fingerprint density at radius 2 is 2.60 bits per heavy atom. The smallest absolute Gasteiger partial charge is 0.199 e. The number of halogens is 1. The van der Waals surface area contributed by atoms with E-state index in [-0.39, 0.29) is 11.7 Å². The van der Waals surface area contributed by atoms with Crippen LogP contribution >= 0.6 is 11.6 Å². The van der Waals surface area contributed by atoms with Gasteiger partial charge in [0.05, 0.1) is 12.1 Å². The lowest BCUT2D eigenvalue weighted by Crippen LogP contribution is -2.02. The van der Waals surface area contributed by atoms with Crippen molar-refractivity contribution in [1.29, 1.82) is 0 Å². The molecule has 0 saturated carbocycles. The largest absolute Gasteiger partial charge is 0.291 e. The summed E-state index contributed by atoms with van der Waals surface area (Å²) in [6.45, 7) is 0. The average molecular weight is 160 g/mol. The predicted molar refractivity (Wildman–Crippen MR) is 36.1 cm³/mol. The maximum atomic E-state index is 10.8. The maximum absolute atomic E-state index is 10.8. The van der Waals surface area contributed by atoms with Crippen molar-refractivity contribution in [2.24, 2.45) is 7.05 Å². The molecule has 0 unspecified atom stereocenters. The first-order valence-corrected chi connectivity index (χ1v) is 3.23. The van der Waals surface area contributed by atoms with Gasteiger partial charge in [-0.05, 0) is 0 Å². The molecule has 0 fully saturated rings. The van der Waals surface area contributed by atoms with Gasteiger partial charge in [0.2, 0.25) is 0 Å². The van der Waals surface area contributed by atoms with Crippen LogP contribution in [0.2, 0.25) is 0 Å². The number of aryl methyl sites for hydroxylation is 1. The second-order valence-corrected chi connectivity index (χ2v) is 2.04. The molecule has 10 heavy (non-hydrogen) atoms. The summed E-state index contributed by atoms with van der Waals surface area (Å²) in [4.78, 5) is 12.1. The van der Waals surface area contributed by atoms with Crippen LogP contribution in [0.25, 0.3) is 0 Å². The molecule has 0 amide bonds. The van der Waals surface area contributed by atoms with Gasteiger partial charge in [0.25, 0.3) is 0 Å². The summed E-state index contributed by atoms with van der Waals surface area (Å²) in [6.07, 6.45) is 1.39. The Bertz CT molecular complexity index is 245. The fraction of sp³-hybridized carbons (Fsp3) is 0.400. The summed E-state index contributed by atoms with van der Waals surface area (Å²) >= 11 is 5.27. The number of rotatable bonds is 2. The van der Waals surface area contributed by atoms with Gasteiger partial charge in [-0.15, -0.1) is 11.6 Å². The first kappa shape index (κ1) is 7.21. The molecular weight excluding hydrogens is 154 g/mol. The number of hydrogen-bond acceptors (Lipinski definition) is 3. The van der Waals surface area contributed by atoms with Gasteiger partial charge in [-0.1, -0.05) is 0 Å². The third kappa shape index (κ3) is 1.33. The fourth-order valence-corrected chi connectivity index (χ4v) is 0.679.